The van der Waals surface area contributed by atoms with Crippen LogP contribution < -0.4 is 9.47 Å². The molecule has 0 spiro atoms. The highest BCUT2D eigenvalue weighted by atomic mass is 16.5. The molecule has 0 aliphatic carbocycles. The van der Waals surface area contributed by atoms with E-state index >= 15 is 0 Å². The fourth-order valence-electron chi connectivity index (χ4n) is 4.34. The van der Waals surface area contributed by atoms with Crippen LogP contribution in [0.5, 0.6) is 11.5 Å². The molecule has 186 valence electrons. The molecule has 35 heavy (non-hydrogen) atoms. The summed E-state index contributed by atoms with van der Waals surface area (Å²) in [6.07, 6.45) is 3.80. The monoisotopic (exact) mass is 478 g/mol. The third-order valence-corrected chi connectivity index (χ3v) is 6.29. The third kappa shape index (κ3) is 5.92. The van der Waals surface area contributed by atoms with Crippen LogP contribution in [0, 0.1) is 0 Å². The van der Waals surface area contributed by atoms with Gasteiger partial charge >= 0.3 is 0 Å². The van der Waals surface area contributed by atoms with Crippen molar-refractivity contribution in [2.75, 3.05) is 40.4 Å². The fourth-order valence-corrected chi connectivity index (χ4v) is 4.34. The van der Waals surface area contributed by atoms with Crippen molar-refractivity contribution in [3.63, 3.8) is 0 Å². The number of nitrogens with zero attached hydrogens (tertiary/aromatic N) is 2. The number of aliphatic hydroxyl groups is 1. The molecule has 1 heterocycles. The number of hydrogen-bond donors (Lipinski definition) is 1. The number of carbonyl (C=O) groups excluding carboxylic acids is 2. The molecule has 0 radical (unpaired) electrons. The van der Waals surface area contributed by atoms with E-state index in [0.29, 0.717) is 30.0 Å². The molecular formula is C28H34N2O5. The molecule has 2 aromatic rings. The van der Waals surface area contributed by atoms with Gasteiger partial charge in [0, 0.05) is 6.54 Å². The van der Waals surface area contributed by atoms with E-state index in [-0.39, 0.29) is 5.57 Å². The zero-order valence-electron chi connectivity index (χ0n) is 20.9. The minimum atomic E-state index is -0.730. The van der Waals surface area contributed by atoms with Crippen molar-refractivity contribution in [2.45, 2.75) is 26.3 Å². The number of ether oxygens (including phenoxy) is 2. The topological polar surface area (TPSA) is 79.3 Å². The highest BCUT2D eigenvalue weighted by Gasteiger charge is 2.42. The van der Waals surface area contributed by atoms with Crippen molar-refractivity contribution in [1.82, 2.24) is 9.80 Å². The number of benzene rings is 2. The Kier molecular flexibility index (Phi) is 9.09. The highest BCUT2D eigenvalue weighted by Crippen LogP contribution is 2.41. The summed E-state index contributed by atoms with van der Waals surface area (Å²) in [6, 6.07) is 14.0. The molecule has 0 aromatic heterocycles. The summed E-state index contributed by atoms with van der Waals surface area (Å²) in [6.45, 7) is 7.24. The van der Waals surface area contributed by atoms with Gasteiger partial charge in [0.15, 0.2) is 23.0 Å². The highest BCUT2D eigenvalue weighted by molar-refractivity contribution is 6.14. The van der Waals surface area contributed by atoms with E-state index in [1.165, 1.54) is 13.2 Å². The summed E-state index contributed by atoms with van der Waals surface area (Å²) in [7, 11) is 3.08. The SMILES string of the molecule is CCN(CC)CCCN1C(=O)C(O)=C(C(=O)C=Cc2ccccc2)C1c1ccc(OC)c(OC)c1. The number of hydrogen-bond acceptors (Lipinski definition) is 6. The Bertz CT molecular complexity index is 1090. The van der Waals surface area contributed by atoms with Crippen LogP contribution in [-0.2, 0) is 9.59 Å². The Hall–Kier alpha value is -3.58. The zero-order chi connectivity index (χ0) is 25.4. The second kappa shape index (κ2) is 12.2. The van der Waals surface area contributed by atoms with Gasteiger partial charge in [-0.15, -0.1) is 0 Å². The standard InChI is InChI=1S/C28H34N2O5/c1-5-29(6-2)17-10-18-30-26(21-14-16-23(34-3)24(19-21)35-4)25(27(32)28(30)33)22(31)15-13-20-11-8-7-9-12-20/h7-9,11-16,19,26,32H,5-6,10,17-18H2,1-4H3. The summed E-state index contributed by atoms with van der Waals surface area (Å²) >= 11 is 0. The molecule has 1 amide bonds. The van der Waals surface area contributed by atoms with Gasteiger partial charge in [-0.2, -0.15) is 0 Å². The van der Waals surface area contributed by atoms with Crippen LogP contribution in [0.1, 0.15) is 37.4 Å². The van der Waals surface area contributed by atoms with Crippen LogP contribution in [0.3, 0.4) is 0 Å². The van der Waals surface area contributed by atoms with Crippen LogP contribution in [0.25, 0.3) is 6.08 Å². The Morgan fingerprint density at radius 2 is 1.74 bits per heavy atom. The minimum absolute atomic E-state index is 0.0669. The van der Waals surface area contributed by atoms with Crippen molar-refractivity contribution in [3.8, 4) is 11.5 Å². The molecular weight excluding hydrogens is 444 g/mol. The molecule has 0 saturated heterocycles. The lowest BCUT2D eigenvalue weighted by atomic mass is 9.95. The maximum Gasteiger partial charge on any atom is 0.290 e. The first-order valence-corrected chi connectivity index (χ1v) is 11.9. The lowest BCUT2D eigenvalue weighted by Crippen LogP contribution is -2.34. The third-order valence-electron chi connectivity index (χ3n) is 6.29. The first-order valence-electron chi connectivity index (χ1n) is 11.9. The molecule has 0 saturated carbocycles. The number of methoxy groups -OCH3 is 2. The smallest absolute Gasteiger partial charge is 0.290 e. The molecule has 3 rings (SSSR count). The van der Waals surface area contributed by atoms with Crippen LogP contribution in [0.4, 0.5) is 0 Å². The predicted molar refractivity (Wildman–Crippen MR) is 137 cm³/mol. The van der Waals surface area contributed by atoms with Crippen molar-refractivity contribution >= 4 is 17.8 Å². The van der Waals surface area contributed by atoms with E-state index in [1.54, 1.807) is 36.3 Å². The molecule has 1 aliphatic heterocycles. The summed E-state index contributed by atoms with van der Waals surface area (Å²) in [5, 5.41) is 10.8. The maximum atomic E-state index is 13.3. The number of amides is 1. The molecule has 1 aliphatic rings. The van der Waals surface area contributed by atoms with E-state index in [4.69, 9.17) is 9.47 Å². The fraction of sp³-hybridized carbons (Fsp3) is 0.357. The second-order valence-electron chi connectivity index (χ2n) is 8.27. The average Bonchev–Trinajstić information content (AvgIpc) is 3.15. The van der Waals surface area contributed by atoms with Gasteiger partial charge in [-0.1, -0.05) is 56.3 Å². The van der Waals surface area contributed by atoms with Gasteiger partial charge in [-0.05, 0) is 55.4 Å². The Labute approximate surface area is 207 Å². The molecule has 2 aromatic carbocycles. The van der Waals surface area contributed by atoms with Crippen LogP contribution in [0.15, 0.2) is 65.9 Å². The minimum Gasteiger partial charge on any atom is -0.503 e. The average molecular weight is 479 g/mol. The van der Waals surface area contributed by atoms with Gasteiger partial charge in [0.1, 0.15) is 0 Å². The summed E-state index contributed by atoms with van der Waals surface area (Å²) in [5.41, 5.74) is 1.58. The van der Waals surface area contributed by atoms with Crippen LogP contribution >= 0.6 is 0 Å². The lowest BCUT2D eigenvalue weighted by molar-refractivity contribution is -0.129. The molecule has 1 unspecified atom stereocenters. The maximum absolute atomic E-state index is 13.3. The number of aliphatic hydroxyl groups excluding tert-OH is 1. The van der Waals surface area contributed by atoms with Gasteiger partial charge in [-0.3, -0.25) is 9.59 Å². The number of carbonyl (C=O) groups is 2. The molecule has 7 nitrogen and oxygen atoms in total. The first-order chi connectivity index (χ1) is 16.9. The van der Waals surface area contributed by atoms with Crippen molar-refractivity contribution in [3.05, 3.63) is 77.1 Å². The van der Waals surface area contributed by atoms with Crippen molar-refractivity contribution in [2.24, 2.45) is 0 Å². The van der Waals surface area contributed by atoms with Crippen molar-refractivity contribution in [1.29, 1.82) is 0 Å². The molecule has 0 bridgehead atoms. The molecule has 1 atom stereocenters. The first kappa shape index (κ1) is 26.0. The number of allylic oxidation sites excluding steroid dienone is 1. The van der Waals surface area contributed by atoms with Crippen LogP contribution in [0.2, 0.25) is 0 Å². The number of ketones is 1. The Morgan fingerprint density at radius 1 is 1.06 bits per heavy atom. The van der Waals surface area contributed by atoms with E-state index in [0.717, 1.165) is 25.2 Å². The Balaban J connectivity index is 1.97. The van der Waals surface area contributed by atoms with Crippen molar-refractivity contribution < 1.29 is 24.2 Å². The van der Waals surface area contributed by atoms with Crippen LogP contribution in [-0.4, -0.2) is 67.0 Å². The molecule has 7 heteroatoms. The van der Waals surface area contributed by atoms with Gasteiger partial charge in [-0.25, -0.2) is 0 Å². The molecule has 0 fully saturated rings. The van der Waals surface area contributed by atoms with Gasteiger partial charge in [0.2, 0.25) is 0 Å². The Morgan fingerprint density at radius 3 is 2.37 bits per heavy atom. The summed E-state index contributed by atoms with van der Waals surface area (Å²) < 4.78 is 10.8. The van der Waals surface area contributed by atoms with E-state index in [2.05, 4.69) is 18.7 Å². The predicted octanol–water partition coefficient (Wildman–Crippen LogP) is 4.41. The lowest BCUT2D eigenvalue weighted by Gasteiger charge is -2.28. The van der Waals surface area contributed by atoms with E-state index in [1.807, 2.05) is 30.3 Å². The quantitative estimate of drug-likeness (QED) is 0.455. The van der Waals surface area contributed by atoms with Gasteiger partial charge in [0.25, 0.3) is 5.91 Å². The van der Waals surface area contributed by atoms with Gasteiger partial charge < -0.3 is 24.4 Å². The van der Waals surface area contributed by atoms with Gasteiger partial charge in [0.05, 0.1) is 25.8 Å². The number of rotatable bonds is 12. The normalized spacial score (nSPS) is 16.0. The summed E-state index contributed by atoms with van der Waals surface area (Å²) in [4.78, 5) is 30.3. The molecule has 1 N–H and O–H groups in total. The second-order valence-corrected chi connectivity index (χ2v) is 8.27. The summed E-state index contributed by atoms with van der Waals surface area (Å²) in [5.74, 6) is -0.431. The van der Waals surface area contributed by atoms with E-state index < -0.39 is 23.5 Å². The van der Waals surface area contributed by atoms with E-state index in [9.17, 15) is 14.7 Å². The largest absolute Gasteiger partial charge is 0.503 e. The zero-order valence-corrected chi connectivity index (χ0v) is 20.9.